The Bertz CT molecular complexity index is 483. The minimum atomic E-state index is -1.13. The average Bonchev–Trinajstić information content (AvgIpc) is 2.67. The molecule has 1 heterocycles. The van der Waals surface area contributed by atoms with E-state index in [9.17, 15) is 4.79 Å². The first-order chi connectivity index (χ1) is 8.40. The van der Waals surface area contributed by atoms with Crippen LogP contribution < -0.4 is 5.73 Å². The summed E-state index contributed by atoms with van der Waals surface area (Å²) in [6, 6.07) is 5.64. The second kappa shape index (κ2) is 5.17. The van der Waals surface area contributed by atoms with Crippen LogP contribution in [0.5, 0.6) is 0 Å². The van der Waals surface area contributed by atoms with Gasteiger partial charge in [0.05, 0.1) is 0 Å². The van der Waals surface area contributed by atoms with Gasteiger partial charge in [-0.3, -0.25) is 9.69 Å². The predicted octanol–water partition coefficient (Wildman–Crippen LogP) is 2.09. The summed E-state index contributed by atoms with van der Waals surface area (Å²) in [6.07, 6.45) is 0.466. The van der Waals surface area contributed by atoms with Crippen LogP contribution in [0, 0.1) is 0 Å². The monoisotopic (exact) mass is 332 g/mol. The molecule has 0 radical (unpaired) electrons. The second-order valence-corrected chi connectivity index (χ2v) is 5.98. The number of nitrogens with zero attached hydrogens (tertiary/aromatic N) is 1. The van der Waals surface area contributed by atoms with Crippen LogP contribution in [-0.4, -0.2) is 34.6 Å². The lowest BCUT2D eigenvalue weighted by Gasteiger charge is -2.20. The van der Waals surface area contributed by atoms with Crippen LogP contribution in [0.1, 0.15) is 12.0 Å². The molecular formula is C12H14BrClN2O2. The number of likely N-dealkylation sites (tertiary alicyclic amines) is 1. The van der Waals surface area contributed by atoms with Gasteiger partial charge in [-0.05, 0) is 30.2 Å². The van der Waals surface area contributed by atoms with Crippen LogP contribution in [0.3, 0.4) is 0 Å². The molecule has 0 bridgehead atoms. The van der Waals surface area contributed by atoms with E-state index in [0.29, 0.717) is 31.1 Å². The minimum Gasteiger partial charge on any atom is -0.480 e. The first kappa shape index (κ1) is 13.8. The van der Waals surface area contributed by atoms with Crippen LogP contribution in [0.4, 0.5) is 0 Å². The molecule has 3 N–H and O–H groups in total. The molecule has 0 amide bonds. The van der Waals surface area contributed by atoms with Crippen molar-refractivity contribution in [1.29, 1.82) is 0 Å². The highest BCUT2D eigenvalue weighted by Crippen LogP contribution is 2.26. The molecule has 1 aliphatic heterocycles. The van der Waals surface area contributed by atoms with Gasteiger partial charge in [0.2, 0.25) is 0 Å². The molecule has 1 aromatic carbocycles. The fourth-order valence-corrected chi connectivity index (χ4v) is 2.72. The summed E-state index contributed by atoms with van der Waals surface area (Å²) in [4.78, 5) is 13.1. The van der Waals surface area contributed by atoms with Crippen LogP contribution in [0.15, 0.2) is 22.7 Å². The van der Waals surface area contributed by atoms with Crippen molar-refractivity contribution in [2.24, 2.45) is 5.73 Å². The highest BCUT2D eigenvalue weighted by molar-refractivity contribution is 9.10. The van der Waals surface area contributed by atoms with Crippen LogP contribution in [0.2, 0.25) is 5.02 Å². The van der Waals surface area contributed by atoms with Crippen molar-refractivity contribution >= 4 is 33.5 Å². The Labute approximate surface area is 119 Å². The normalized spacial score (nSPS) is 24.4. The molecule has 4 nitrogen and oxygen atoms in total. The summed E-state index contributed by atoms with van der Waals surface area (Å²) >= 11 is 9.51. The van der Waals surface area contributed by atoms with E-state index in [1.807, 2.05) is 23.1 Å². The maximum atomic E-state index is 11.1. The lowest BCUT2D eigenvalue weighted by Crippen LogP contribution is -2.50. The largest absolute Gasteiger partial charge is 0.480 e. The summed E-state index contributed by atoms with van der Waals surface area (Å²) in [5.41, 5.74) is 5.68. The van der Waals surface area contributed by atoms with Gasteiger partial charge in [-0.1, -0.05) is 27.5 Å². The van der Waals surface area contributed by atoms with E-state index in [0.717, 1.165) is 10.0 Å². The van der Waals surface area contributed by atoms with Crippen molar-refractivity contribution in [2.75, 3.05) is 13.1 Å². The number of carboxylic acid groups (broad SMARTS) is 1. The van der Waals surface area contributed by atoms with Crippen molar-refractivity contribution in [3.63, 3.8) is 0 Å². The molecule has 1 unspecified atom stereocenters. The van der Waals surface area contributed by atoms with Crippen LogP contribution >= 0.6 is 27.5 Å². The number of carboxylic acids is 1. The number of halogens is 2. The Morgan fingerprint density at radius 2 is 2.33 bits per heavy atom. The van der Waals surface area contributed by atoms with E-state index in [2.05, 4.69) is 15.9 Å². The number of carbonyl (C=O) groups is 1. The van der Waals surface area contributed by atoms with Gasteiger partial charge in [0.15, 0.2) is 0 Å². The molecule has 18 heavy (non-hydrogen) atoms. The van der Waals surface area contributed by atoms with E-state index >= 15 is 0 Å². The van der Waals surface area contributed by atoms with Crippen molar-refractivity contribution in [3.05, 3.63) is 33.3 Å². The number of aliphatic carboxylic acids is 1. The maximum Gasteiger partial charge on any atom is 0.325 e. The summed E-state index contributed by atoms with van der Waals surface area (Å²) < 4.78 is 0.957. The molecule has 1 aromatic rings. The third kappa shape index (κ3) is 2.85. The fourth-order valence-electron chi connectivity index (χ4n) is 2.13. The zero-order valence-corrected chi connectivity index (χ0v) is 12.0. The van der Waals surface area contributed by atoms with E-state index in [1.54, 1.807) is 0 Å². The van der Waals surface area contributed by atoms with Gasteiger partial charge in [0, 0.05) is 29.1 Å². The molecule has 0 spiro atoms. The van der Waals surface area contributed by atoms with Crippen molar-refractivity contribution in [1.82, 2.24) is 4.90 Å². The van der Waals surface area contributed by atoms with Gasteiger partial charge in [-0.15, -0.1) is 0 Å². The van der Waals surface area contributed by atoms with Gasteiger partial charge in [-0.25, -0.2) is 0 Å². The number of hydrogen-bond donors (Lipinski definition) is 2. The molecule has 6 heteroatoms. The third-order valence-electron chi connectivity index (χ3n) is 3.21. The summed E-state index contributed by atoms with van der Waals surface area (Å²) in [5.74, 6) is -0.940. The van der Waals surface area contributed by atoms with Gasteiger partial charge in [-0.2, -0.15) is 0 Å². The quantitative estimate of drug-likeness (QED) is 0.889. The highest BCUT2D eigenvalue weighted by atomic mass is 79.9. The number of hydrogen-bond acceptors (Lipinski definition) is 3. The summed E-state index contributed by atoms with van der Waals surface area (Å²) in [7, 11) is 0. The van der Waals surface area contributed by atoms with Crippen LogP contribution in [0.25, 0.3) is 0 Å². The number of rotatable bonds is 3. The van der Waals surface area contributed by atoms with Crippen LogP contribution in [-0.2, 0) is 11.3 Å². The lowest BCUT2D eigenvalue weighted by molar-refractivity contribution is -0.142. The molecule has 0 aromatic heterocycles. The molecule has 1 atom stereocenters. The Morgan fingerprint density at radius 1 is 1.61 bits per heavy atom. The molecule has 0 saturated carbocycles. The molecule has 1 aliphatic rings. The summed E-state index contributed by atoms with van der Waals surface area (Å²) in [5, 5.41) is 9.75. The van der Waals surface area contributed by atoms with Gasteiger partial charge in [0.1, 0.15) is 5.54 Å². The van der Waals surface area contributed by atoms with Crippen molar-refractivity contribution in [2.45, 2.75) is 18.5 Å². The van der Waals surface area contributed by atoms with E-state index in [-0.39, 0.29) is 0 Å². The molecular weight excluding hydrogens is 320 g/mol. The zero-order chi connectivity index (χ0) is 13.3. The maximum absolute atomic E-state index is 11.1. The number of benzene rings is 1. The highest BCUT2D eigenvalue weighted by Gasteiger charge is 2.41. The van der Waals surface area contributed by atoms with Gasteiger partial charge in [0.25, 0.3) is 0 Å². The predicted molar refractivity (Wildman–Crippen MR) is 73.6 cm³/mol. The Hall–Kier alpha value is -0.620. The first-order valence-electron chi connectivity index (χ1n) is 5.59. The second-order valence-electron chi connectivity index (χ2n) is 4.66. The Morgan fingerprint density at radius 3 is 2.94 bits per heavy atom. The first-order valence-corrected chi connectivity index (χ1v) is 6.76. The average molecular weight is 334 g/mol. The third-order valence-corrected chi connectivity index (χ3v) is 4.07. The standard InChI is InChI=1S/C12H14BrClN2O2/c13-9-1-2-10(14)8(5-9)6-16-4-3-12(15,7-16)11(17)18/h1-2,5H,3-4,6-7,15H2,(H,17,18). The van der Waals surface area contributed by atoms with E-state index in [1.165, 1.54) is 0 Å². The SMILES string of the molecule is NC1(C(=O)O)CCN(Cc2cc(Br)ccc2Cl)C1. The van der Waals surface area contributed by atoms with Gasteiger partial charge < -0.3 is 10.8 Å². The lowest BCUT2D eigenvalue weighted by atomic mass is 10.0. The van der Waals surface area contributed by atoms with E-state index < -0.39 is 11.5 Å². The van der Waals surface area contributed by atoms with E-state index in [4.69, 9.17) is 22.4 Å². The topological polar surface area (TPSA) is 66.6 Å². The van der Waals surface area contributed by atoms with Crippen molar-refractivity contribution < 1.29 is 9.90 Å². The molecule has 1 saturated heterocycles. The van der Waals surface area contributed by atoms with Crippen molar-refractivity contribution in [3.8, 4) is 0 Å². The smallest absolute Gasteiger partial charge is 0.325 e. The van der Waals surface area contributed by atoms with Gasteiger partial charge >= 0.3 is 5.97 Å². The Balaban J connectivity index is 2.08. The molecule has 0 aliphatic carbocycles. The molecule has 98 valence electrons. The Kier molecular flexibility index (Phi) is 3.96. The minimum absolute atomic E-state index is 0.352. The summed E-state index contributed by atoms with van der Waals surface area (Å²) in [6.45, 7) is 1.64. The number of nitrogens with two attached hydrogens (primary N) is 1. The molecule has 1 fully saturated rings. The zero-order valence-electron chi connectivity index (χ0n) is 9.70. The molecule has 2 rings (SSSR count). The fraction of sp³-hybridized carbons (Fsp3) is 0.417.